The maximum atomic E-state index is 13.9. The first kappa shape index (κ1) is 34.0. The minimum atomic E-state index is -3.88. The van der Waals surface area contributed by atoms with Crippen LogP contribution in [0.15, 0.2) is 107 Å². The van der Waals surface area contributed by atoms with Crippen LogP contribution < -0.4 is 15.6 Å². The fraction of sp³-hybridized carbons (Fsp3) is 0.270. The molecule has 0 bridgehead atoms. The SMILES string of the molecule is COc1ccc(C(=S)N=C(N)c2cccc(CN(CC3CCCCC3)C(=O)Cc3ccc(-c4ccccc4S(N)(=O)=O)cc3)c2)cc1. The number of carbonyl (C=O) groups excluding carboxylic acids is 1. The number of amides is 1. The van der Waals surface area contributed by atoms with E-state index in [0.717, 1.165) is 40.8 Å². The van der Waals surface area contributed by atoms with Gasteiger partial charge in [0.25, 0.3) is 0 Å². The van der Waals surface area contributed by atoms with Crippen molar-refractivity contribution in [3.8, 4) is 16.9 Å². The highest BCUT2D eigenvalue weighted by atomic mass is 32.2. The van der Waals surface area contributed by atoms with Gasteiger partial charge in [0.2, 0.25) is 15.9 Å². The van der Waals surface area contributed by atoms with Gasteiger partial charge in [0.15, 0.2) is 0 Å². The third-order valence-electron chi connectivity index (χ3n) is 8.53. The Morgan fingerprint density at radius 2 is 1.60 bits per heavy atom. The lowest BCUT2D eigenvalue weighted by atomic mass is 9.88. The van der Waals surface area contributed by atoms with Crippen LogP contribution in [0.2, 0.25) is 0 Å². The molecule has 0 heterocycles. The van der Waals surface area contributed by atoms with Crippen molar-refractivity contribution in [3.05, 3.63) is 119 Å². The van der Waals surface area contributed by atoms with E-state index in [9.17, 15) is 13.2 Å². The molecule has 0 saturated heterocycles. The van der Waals surface area contributed by atoms with Crippen LogP contribution in [0.4, 0.5) is 0 Å². The minimum Gasteiger partial charge on any atom is -0.497 e. The zero-order valence-corrected chi connectivity index (χ0v) is 28.1. The van der Waals surface area contributed by atoms with Gasteiger partial charge < -0.3 is 15.4 Å². The largest absolute Gasteiger partial charge is 0.497 e. The predicted octanol–water partition coefficient (Wildman–Crippen LogP) is 6.24. The molecule has 0 atom stereocenters. The number of sulfonamides is 1. The number of nitrogens with zero attached hydrogens (tertiary/aromatic N) is 2. The van der Waals surface area contributed by atoms with E-state index in [-0.39, 0.29) is 17.2 Å². The fourth-order valence-electron chi connectivity index (χ4n) is 6.00. The van der Waals surface area contributed by atoms with Gasteiger partial charge in [0, 0.05) is 29.8 Å². The molecule has 4 N–H and O–H groups in total. The van der Waals surface area contributed by atoms with Gasteiger partial charge >= 0.3 is 0 Å². The summed E-state index contributed by atoms with van der Waals surface area (Å²) in [5, 5.41) is 5.44. The number of ether oxygens (including phenoxy) is 1. The van der Waals surface area contributed by atoms with Gasteiger partial charge in [-0.05, 0) is 71.8 Å². The zero-order valence-electron chi connectivity index (χ0n) is 26.5. The van der Waals surface area contributed by atoms with Crippen LogP contribution in [0.3, 0.4) is 0 Å². The number of primary sulfonamides is 1. The molecular formula is C37H40N4O4S2. The van der Waals surface area contributed by atoms with Gasteiger partial charge in [0.1, 0.15) is 16.6 Å². The molecule has 10 heteroatoms. The van der Waals surface area contributed by atoms with Crippen molar-refractivity contribution in [3.63, 3.8) is 0 Å². The third kappa shape index (κ3) is 9.12. The second kappa shape index (κ2) is 15.5. The fourth-order valence-corrected chi connectivity index (χ4v) is 6.99. The number of hydrogen-bond donors (Lipinski definition) is 2. The van der Waals surface area contributed by atoms with E-state index in [4.69, 9.17) is 27.8 Å². The van der Waals surface area contributed by atoms with Gasteiger partial charge in [-0.1, -0.05) is 92.1 Å². The number of nitrogens with two attached hydrogens (primary N) is 2. The summed E-state index contributed by atoms with van der Waals surface area (Å²) < 4.78 is 29.5. The Labute approximate surface area is 282 Å². The van der Waals surface area contributed by atoms with Crippen molar-refractivity contribution in [2.24, 2.45) is 21.8 Å². The van der Waals surface area contributed by atoms with E-state index in [2.05, 4.69) is 4.99 Å². The average Bonchev–Trinajstić information content (AvgIpc) is 3.08. The van der Waals surface area contributed by atoms with Crippen LogP contribution >= 0.6 is 12.2 Å². The average molecular weight is 669 g/mol. The number of rotatable bonds is 11. The van der Waals surface area contributed by atoms with E-state index in [0.29, 0.717) is 41.0 Å². The third-order valence-corrected chi connectivity index (χ3v) is 9.82. The molecule has 0 aromatic heterocycles. The Hall–Kier alpha value is -4.38. The Bertz CT molecular complexity index is 1850. The number of benzene rings is 4. The maximum Gasteiger partial charge on any atom is 0.238 e. The molecule has 4 aromatic carbocycles. The lowest BCUT2D eigenvalue weighted by Gasteiger charge is -2.30. The summed E-state index contributed by atoms with van der Waals surface area (Å²) in [4.78, 5) is 20.7. The first-order valence-electron chi connectivity index (χ1n) is 15.7. The number of methoxy groups -OCH3 is 1. The summed E-state index contributed by atoms with van der Waals surface area (Å²) in [6.45, 7) is 1.13. The van der Waals surface area contributed by atoms with Crippen molar-refractivity contribution in [2.45, 2.75) is 50.0 Å². The van der Waals surface area contributed by atoms with Crippen molar-refractivity contribution >= 4 is 39.0 Å². The molecule has 0 radical (unpaired) electrons. The second-order valence-electron chi connectivity index (χ2n) is 11.9. The topological polar surface area (TPSA) is 128 Å². The van der Waals surface area contributed by atoms with Crippen LogP contribution in [0.5, 0.6) is 5.75 Å². The Kier molecular flexibility index (Phi) is 11.2. The van der Waals surface area contributed by atoms with Crippen LogP contribution in [0.25, 0.3) is 11.1 Å². The molecule has 0 aliphatic heterocycles. The van der Waals surface area contributed by atoms with Gasteiger partial charge in [-0.2, -0.15) is 0 Å². The summed E-state index contributed by atoms with van der Waals surface area (Å²) in [5.74, 6) is 1.53. The second-order valence-corrected chi connectivity index (χ2v) is 13.8. The number of thiocarbonyl (C=S) groups is 1. The normalized spacial score (nSPS) is 14.0. The van der Waals surface area contributed by atoms with Gasteiger partial charge in [-0.3, -0.25) is 4.79 Å². The van der Waals surface area contributed by atoms with E-state index in [1.807, 2.05) is 77.7 Å². The summed E-state index contributed by atoms with van der Waals surface area (Å²) >= 11 is 5.53. The molecule has 8 nitrogen and oxygen atoms in total. The monoisotopic (exact) mass is 668 g/mol. The van der Waals surface area contributed by atoms with Gasteiger partial charge in [-0.25, -0.2) is 18.5 Å². The molecule has 5 rings (SSSR count). The molecule has 4 aromatic rings. The molecule has 1 aliphatic rings. The summed E-state index contributed by atoms with van der Waals surface area (Å²) in [6.07, 6.45) is 6.07. The first-order chi connectivity index (χ1) is 22.6. The van der Waals surface area contributed by atoms with Crippen molar-refractivity contribution in [2.75, 3.05) is 13.7 Å². The standard InChI is InChI=1S/C37H40N4O4S2/c1-45-32-20-18-30(19-21-32)37(46)40-36(38)31-11-7-10-28(22-31)25-41(24-27-8-3-2-4-9-27)35(42)23-26-14-16-29(17-15-26)33-12-5-6-13-34(33)47(39,43)44/h5-7,10-22,27H,2-4,8-9,23-25H2,1H3,(H2,38,40,46)(H2,39,43,44). The van der Waals surface area contributed by atoms with E-state index >= 15 is 0 Å². The number of aliphatic imine (C=N–C) groups is 1. The quantitative estimate of drug-likeness (QED) is 0.111. The molecule has 1 saturated carbocycles. The highest BCUT2D eigenvalue weighted by Crippen LogP contribution is 2.28. The van der Waals surface area contributed by atoms with Crippen molar-refractivity contribution in [1.82, 2.24) is 4.90 Å². The summed E-state index contributed by atoms with van der Waals surface area (Å²) in [5.41, 5.74) is 11.0. The predicted molar refractivity (Wildman–Crippen MR) is 191 cm³/mol. The molecule has 1 aliphatic carbocycles. The van der Waals surface area contributed by atoms with Gasteiger partial charge in [-0.15, -0.1) is 0 Å². The molecule has 1 amide bonds. The Balaban J connectivity index is 1.33. The van der Waals surface area contributed by atoms with E-state index in [1.165, 1.54) is 25.3 Å². The maximum absolute atomic E-state index is 13.9. The molecule has 244 valence electrons. The minimum absolute atomic E-state index is 0.0287. The number of carbonyl (C=O) groups is 1. The van der Waals surface area contributed by atoms with Gasteiger partial charge in [0.05, 0.1) is 18.4 Å². The molecule has 0 unspecified atom stereocenters. The van der Waals surface area contributed by atoms with Crippen LogP contribution in [0.1, 0.15) is 54.4 Å². The van der Waals surface area contributed by atoms with Crippen LogP contribution in [0, 0.1) is 5.92 Å². The smallest absolute Gasteiger partial charge is 0.238 e. The molecule has 0 spiro atoms. The van der Waals surface area contributed by atoms with Crippen LogP contribution in [-0.4, -0.2) is 43.7 Å². The molecule has 1 fully saturated rings. The van der Waals surface area contributed by atoms with E-state index in [1.54, 1.807) is 25.3 Å². The zero-order chi connectivity index (χ0) is 33.4. The van der Waals surface area contributed by atoms with Crippen LogP contribution in [-0.2, 0) is 27.8 Å². The summed E-state index contributed by atoms with van der Waals surface area (Å²) in [7, 11) is -2.27. The lowest BCUT2D eigenvalue weighted by molar-refractivity contribution is -0.132. The molecule has 47 heavy (non-hydrogen) atoms. The number of amidine groups is 1. The first-order valence-corrected chi connectivity index (χ1v) is 17.7. The highest BCUT2D eigenvalue weighted by Gasteiger charge is 2.22. The Morgan fingerprint density at radius 3 is 2.28 bits per heavy atom. The Morgan fingerprint density at radius 1 is 0.894 bits per heavy atom. The van der Waals surface area contributed by atoms with E-state index < -0.39 is 10.0 Å². The lowest BCUT2D eigenvalue weighted by Crippen LogP contribution is -2.36. The molecular weight excluding hydrogens is 629 g/mol. The van der Waals surface area contributed by atoms with Crippen molar-refractivity contribution in [1.29, 1.82) is 0 Å². The van der Waals surface area contributed by atoms with Crippen molar-refractivity contribution < 1.29 is 17.9 Å². The highest BCUT2D eigenvalue weighted by molar-refractivity contribution is 7.89. The summed E-state index contributed by atoms with van der Waals surface area (Å²) in [6, 6.07) is 29.2. The number of hydrogen-bond acceptors (Lipinski definition) is 5.